The maximum absolute atomic E-state index is 12.5. The summed E-state index contributed by atoms with van der Waals surface area (Å²) in [5.74, 6) is -0.877. The van der Waals surface area contributed by atoms with Crippen molar-refractivity contribution in [2.75, 3.05) is 12.8 Å². The number of carboxylic acid groups (broad SMARTS) is 1. The van der Waals surface area contributed by atoms with Crippen molar-refractivity contribution in [2.24, 2.45) is 0 Å². The van der Waals surface area contributed by atoms with E-state index in [0.717, 1.165) is 38.5 Å². The second kappa shape index (κ2) is 7.92. The number of likely N-dealkylation sites (tertiary alicyclic amines) is 1. The van der Waals surface area contributed by atoms with Crippen molar-refractivity contribution < 1.29 is 14.7 Å². The van der Waals surface area contributed by atoms with Gasteiger partial charge in [0.25, 0.3) is 0 Å². The van der Waals surface area contributed by atoms with E-state index in [1.807, 2.05) is 11.8 Å². The lowest BCUT2D eigenvalue weighted by atomic mass is 9.95. The normalized spacial score (nSPS) is 30.5. The average molecular weight is 314 g/mol. The van der Waals surface area contributed by atoms with E-state index in [-0.39, 0.29) is 12.1 Å². The molecule has 2 amide bonds. The number of carboxylic acids is 1. The van der Waals surface area contributed by atoms with Crippen LogP contribution in [0.5, 0.6) is 0 Å². The predicted molar refractivity (Wildman–Crippen MR) is 84.7 cm³/mol. The largest absolute Gasteiger partial charge is 0.480 e. The van der Waals surface area contributed by atoms with Crippen molar-refractivity contribution in [3.05, 3.63) is 0 Å². The molecular formula is C15H26N2O3S. The van der Waals surface area contributed by atoms with E-state index in [1.54, 1.807) is 0 Å². The number of hydrogen-bond acceptors (Lipinski definition) is 3. The summed E-state index contributed by atoms with van der Waals surface area (Å²) in [6.45, 7) is 0.557. The topological polar surface area (TPSA) is 69.6 Å². The highest BCUT2D eigenvalue weighted by Crippen LogP contribution is 2.27. The first-order valence-electron chi connectivity index (χ1n) is 7.94. The van der Waals surface area contributed by atoms with Crippen molar-refractivity contribution >= 4 is 23.8 Å². The zero-order valence-electron chi connectivity index (χ0n) is 12.7. The van der Waals surface area contributed by atoms with E-state index in [2.05, 4.69) is 11.6 Å². The molecule has 1 saturated carbocycles. The fourth-order valence-electron chi connectivity index (χ4n) is 3.36. The highest BCUT2D eigenvalue weighted by Gasteiger charge is 2.32. The molecule has 120 valence electrons. The molecule has 21 heavy (non-hydrogen) atoms. The summed E-state index contributed by atoms with van der Waals surface area (Å²) in [5, 5.41) is 13.0. The molecule has 5 nitrogen and oxygen atoms in total. The standard InChI is InChI=1S/C15H26N2O3S/c1-21-12-7-5-6-11(10-12)16-15(20)17-9-4-2-3-8-13(17)14(18)19/h11-13H,2-10H2,1H3,(H,16,20)(H,18,19). The van der Waals surface area contributed by atoms with Crippen LogP contribution in [0.15, 0.2) is 0 Å². The number of nitrogens with one attached hydrogen (secondary N) is 1. The highest BCUT2D eigenvalue weighted by atomic mass is 32.2. The van der Waals surface area contributed by atoms with Gasteiger partial charge in [-0.3, -0.25) is 0 Å². The van der Waals surface area contributed by atoms with Crippen molar-refractivity contribution in [3.8, 4) is 0 Å². The van der Waals surface area contributed by atoms with Gasteiger partial charge in [0, 0.05) is 17.8 Å². The molecule has 2 rings (SSSR count). The predicted octanol–water partition coefficient (Wildman–Crippen LogP) is 2.70. The molecule has 0 bridgehead atoms. The first-order valence-corrected chi connectivity index (χ1v) is 9.23. The first kappa shape index (κ1) is 16.5. The lowest BCUT2D eigenvalue weighted by Crippen LogP contribution is -2.52. The minimum Gasteiger partial charge on any atom is -0.480 e. The van der Waals surface area contributed by atoms with Gasteiger partial charge in [0.2, 0.25) is 0 Å². The summed E-state index contributed by atoms with van der Waals surface area (Å²) in [6.07, 6.45) is 9.84. The van der Waals surface area contributed by atoms with Crippen LogP contribution in [-0.4, -0.2) is 52.1 Å². The molecule has 2 fully saturated rings. The Labute approximate surface area is 130 Å². The van der Waals surface area contributed by atoms with Crippen LogP contribution >= 0.6 is 11.8 Å². The van der Waals surface area contributed by atoms with Gasteiger partial charge in [0.15, 0.2) is 0 Å². The molecule has 6 heteroatoms. The van der Waals surface area contributed by atoms with E-state index in [0.29, 0.717) is 18.2 Å². The van der Waals surface area contributed by atoms with E-state index in [1.165, 1.54) is 11.3 Å². The van der Waals surface area contributed by atoms with Crippen LogP contribution in [-0.2, 0) is 4.79 Å². The fraction of sp³-hybridized carbons (Fsp3) is 0.867. The van der Waals surface area contributed by atoms with Crippen LogP contribution in [0.3, 0.4) is 0 Å². The average Bonchev–Trinajstić information content (AvgIpc) is 2.73. The van der Waals surface area contributed by atoms with E-state index < -0.39 is 12.0 Å². The second-order valence-electron chi connectivity index (χ2n) is 6.07. The summed E-state index contributed by atoms with van der Waals surface area (Å²) in [6, 6.07) is -0.648. The van der Waals surface area contributed by atoms with Crippen molar-refractivity contribution in [1.82, 2.24) is 10.2 Å². The maximum Gasteiger partial charge on any atom is 0.326 e. The van der Waals surface area contributed by atoms with E-state index in [4.69, 9.17) is 0 Å². The zero-order valence-corrected chi connectivity index (χ0v) is 13.5. The number of thioether (sulfide) groups is 1. The Morgan fingerprint density at radius 3 is 2.67 bits per heavy atom. The van der Waals surface area contributed by atoms with Crippen molar-refractivity contribution in [3.63, 3.8) is 0 Å². The van der Waals surface area contributed by atoms with Crippen molar-refractivity contribution in [1.29, 1.82) is 0 Å². The fourth-order valence-corrected chi connectivity index (χ4v) is 4.18. The summed E-state index contributed by atoms with van der Waals surface area (Å²) >= 11 is 1.86. The van der Waals surface area contributed by atoms with Gasteiger partial charge in [-0.25, -0.2) is 9.59 Å². The minimum atomic E-state index is -0.877. The Kier molecular flexibility index (Phi) is 6.21. The third kappa shape index (κ3) is 4.53. The summed E-state index contributed by atoms with van der Waals surface area (Å²) in [7, 11) is 0. The van der Waals surface area contributed by atoms with Gasteiger partial charge in [-0.05, 0) is 38.4 Å². The van der Waals surface area contributed by atoms with Crippen LogP contribution in [0, 0.1) is 0 Å². The number of carbonyl (C=O) groups is 2. The summed E-state index contributed by atoms with van der Waals surface area (Å²) in [4.78, 5) is 25.4. The number of nitrogens with zero attached hydrogens (tertiary/aromatic N) is 1. The van der Waals surface area contributed by atoms with Crippen LogP contribution in [0.25, 0.3) is 0 Å². The number of amides is 2. The highest BCUT2D eigenvalue weighted by molar-refractivity contribution is 7.99. The Balaban J connectivity index is 1.95. The molecule has 0 radical (unpaired) electrons. The van der Waals surface area contributed by atoms with Gasteiger partial charge in [0.05, 0.1) is 0 Å². The number of urea groups is 1. The SMILES string of the molecule is CSC1CCCC(NC(=O)N2CCCCCC2C(=O)O)C1. The zero-order chi connectivity index (χ0) is 15.2. The summed E-state index contributed by atoms with van der Waals surface area (Å²) < 4.78 is 0. The molecule has 0 aromatic heterocycles. The molecule has 3 atom stereocenters. The van der Waals surface area contributed by atoms with E-state index >= 15 is 0 Å². The Hall–Kier alpha value is -0.910. The Bertz CT molecular complexity index is 378. The van der Waals surface area contributed by atoms with Gasteiger partial charge >= 0.3 is 12.0 Å². The molecule has 2 aliphatic rings. The molecule has 1 aliphatic heterocycles. The quantitative estimate of drug-likeness (QED) is 0.840. The monoisotopic (exact) mass is 314 g/mol. The lowest BCUT2D eigenvalue weighted by Gasteiger charge is -2.33. The van der Waals surface area contributed by atoms with E-state index in [9.17, 15) is 14.7 Å². The third-order valence-corrected chi connectivity index (χ3v) is 5.68. The first-order chi connectivity index (χ1) is 10.1. The Morgan fingerprint density at radius 2 is 1.95 bits per heavy atom. The molecule has 0 aromatic carbocycles. The molecule has 3 unspecified atom stereocenters. The second-order valence-corrected chi connectivity index (χ2v) is 7.21. The Morgan fingerprint density at radius 1 is 1.14 bits per heavy atom. The van der Waals surface area contributed by atoms with Crippen LogP contribution in [0.4, 0.5) is 4.79 Å². The molecule has 0 spiro atoms. The number of rotatable bonds is 3. The molecule has 1 aliphatic carbocycles. The smallest absolute Gasteiger partial charge is 0.326 e. The van der Waals surface area contributed by atoms with Crippen molar-refractivity contribution in [2.45, 2.75) is 68.7 Å². The molecule has 2 N–H and O–H groups in total. The van der Waals surface area contributed by atoms with Gasteiger partial charge in [-0.1, -0.05) is 19.3 Å². The van der Waals surface area contributed by atoms with Gasteiger partial charge in [-0.2, -0.15) is 11.8 Å². The molecule has 1 saturated heterocycles. The van der Waals surface area contributed by atoms with Gasteiger partial charge in [-0.15, -0.1) is 0 Å². The number of aliphatic carboxylic acids is 1. The van der Waals surface area contributed by atoms with Gasteiger partial charge < -0.3 is 15.3 Å². The molecule has 1 heterocycles. The molecular weight excluding hydrogens is 288 g/mol. The number of hydrogen-bond donors (Lipinski definition) is 2. The lowest BCUT2D eigenvalue weighted by molar-refractivity contribution is -0.142. The number of carbonyl (C=O) groups excluding carboxylic acids is 1. The summed E-state index contributed by atoms with van der Waals surface area (Å²) in [5.41, 5.74) is 0. The van der Waals surface area contributed by atoms with Gasteiger partial charge in [0.1, 0.15) is 6.04 Å². The minimum absolute atomic E-state index is 0.184. The molecule has 0 aromatic rings. The van der Waals surface area contributed by atoms with Crippen LogP contribution in [0.1, 0.15) is 51.4 Å². The van der Waals surface area contributed by atoms with Crippen LogP contribution in [0.2, 0.25) is 0 Å². The maximum atomic E-state index is 12.5. The third-order valence-electron chi connectivity index (χ3n) is 4.59. The van der Waals surface area contributed by atoms with Crippen LogP contribution < -0.4 is 5.32 Å².